The molecule has 0 aliphatic carbocycles. The van der Waals surface area contributed by atoms with Crippen LogP contribution in [-0.2, 0) is 0 Å². The Morgan fingerprint density at radius 1 is 1.62 bits per heavy atom. The summed E-state index contributed by atoms with van der Waals surface area (Å²) in [6, 6.07) is 0. The van der Waals surface area contributed by atoms with Gasteiger partial charge in [0.05, 0.1) is 4.92 Å². The van der Waals surface area contributed by atoms with Crippen LogP contribution in [0.1, 0.15) is 22.5 Å². The van der Waals surface area contributed by atoms with Crippen LogP contribution in [0.25, 0.3) is 0 Å². The van der Waals surface area contributed by atoms with Crippen LogP contribution in [0.15, 0.2) is 6.20 Å². The summed E-state index contributed by atoms with van der Waals surface area (Å²) in [7, 11) is 0. The van der Waals surface area contributed by atoms with Crippen LogP contribution in [0.3, 0.4) is 0 Å². The third-order valence-electron chi connectivity index (χ3n) is 1.62. The molecule has 16 heavy (non-hydrogen) atoms. The maximum atomic E-state index is 12.4. The van der Waals surface area contributed by atoms with Crippen molar-refractivity contribution in [1.82, 2.24) is 4.98 Å². The molecule has 1 aromatic heterocycles. The summed E-state index contributed by atoms with van der Waals surface area (Å²) in [5, 5.41) is 9.53. The molecule has 1 rings (SSSR count). The number of rotatable bonds is 3. The first kappa shape index (κ1) is 13.2. The molecule has 0 spiro atoms. The standard InChI is InChI=1S/C7H2ClF2IN2O3/c8-6(14)2-1-12-4(7(9)10)3(11)5(2)13(15)16/h1,7H. The van der Waals surface area contributed by atoms with E-state index in [0.717, 1.165) is 0 Å². The molecule has 0 saturated heterocycles. The number of aromatic nitrogens is 1. The van der Waals surface area contributed by atoms with Crippen LogP contribution >= 0.6 is 34.2 Å². The molecule has 9 heteroatoms. The number of nitro groups is 1. The predicted octanol–water partition coefficient (Wildman–Crippen LogP) is 2.91. The summed E-state index contributed by atoms with van der Waals surface area (Å²) >= 11 is 6.42. The molecule has 0 atom stereocenters. The highest BCUT2D eigenvalue weighted by Crippen LogP contribution is 2.32. The number of carbonyl (C=O) groups excluding carboxylic acids is 1. The molecular formula is C7H2ClF2IN2O3. The van der Waals surface area contributed by atoms with Gasteiger partial charge >= 0.3 is 0 Å². The van der Waals surface area contributed by atoms with E-state index in [0.29, 0.717) is 6.20 Å². The van der Waals surface area contributed by atoms with Gasteiger partial charge < -0.3 is 0 Å². The average Bonchev–Trinajstić information content (AvgIpc) is 2.15. The first-order valence-electron chi connectivity index (χ1n) is 3.67. The van der Waals surface area contributed by atoms with E-state index in [-0.39, 0.29) is 3.57 Å². The summed E-state index contributed by atoms with van der Waals surface area (Å²) in [6.07, 6.45) is -2.28. The Morgan fingerprint density at radius 3 is 2.56 bits per heavy atom. The Hall–Kier alpha value is -0.900. The van der Waals surface area contributed by atoms with Gasteiger partial charge in [0.1, 0.15) is 14.8 Å². The van der Waals surface area contributed by atoms with Gasteiger partial charge in [0.2, 0.25) is 0 Å². The molecule has 86 valence electrons. The number of hydrogen-bond donors (Lipinski definition) is 0. The molecule has 0 fully saturated rings. The van der Waals surface area contributed by atoms with E-state index in [1.54, 1.807) is 0 Å². The van der Waals surface area contributed by atoms with Gasteiger partial charge in [-0.1, -0.05) is 0 Å². The zero-order chi connectivity index (χ0) is 12.5. The fraction of sp³-hybridized carbons (Fsp3) is 0.143. The molecular weight excluding hydrogens is 360 g/mol. The summed E-state index contributed by atoms with van der Waals surface area (Å²) in [6.45, 7) is 0. The van der Waals surface area contributed by atoms with E-state index < -0.39 is 33.5 Å². The van der Waals surface area contributed by atoms with Crippen molar-refractivity contribution in [3.63, 3.8) is 0 Å². The Labute approximate surface area is 106 Å². The lowest BCUT2D eigenvalue weighted by Crippen LogP contribution is -2.06. The lowest BCUT2D eigenvalue weighted by molar-refractivity contribution is -0.386. The van der Waals surface area contributed by atoms with Crippen LogP contribution in [0, 0.1) is 13.7 Å². The normalized spacial score (nSPS) is 10.6. The highest BCUT2D eigenvalue weighted by molar-refractivity contribution is 14.1. The highest BCUT2D eigenvalue weighted by Gasteiger charge is 2.29. The molecule has 0 aromatic carbocycles. The van der Waals surface area contributed by atoms with Gasteiger partial charge in [0.25, 0.3) is 17.4 Å². The molecule has 0 amide bonds. The van der Waals surface area contributed by atoms with Crippen LogP contribution in [0.2, 0.25) is 0 Å². The summed E-state index contributed by atoms with van der Waals surface area (Å²) < 4.78 is 24.4. The third kappa shape index (κ3) is 2.43. The Kier molecular flexibility index (Phi) is 4.08. The van der Waals surface area contributed by atoms with Crippen LogP contribution in [0.5, 0.6) is 0 Å². The summed E-state index contributed by atoms with van der Waals surface area (Å²) in [5.74, 6) is 0. The molecule has 0 radical (unpaired) electrons. The fourth-order valence-corrected chi connectivity index (χ4v) is 1.97. The fourth-order valence-electron chi connectivity index (χ4n) is 0.966. The first-order valence-corrected chi connectivity index (χ1v) is 5.12. The van der Waals surface area contributed by atoms with Crippen molar-refractivity contribution in [2.24, 2.45) is 0 Å². The molecule has 0 aliphatic heterocycles. The summed E-state index contributed by atoms with van der Waals surface area (Å²) in [5.41, 5.74) is -1.99. The van der Waals surface area contributed by atoms with Crippen LogP contribution < -0.4 is 0 Å². The molecule has 5 nitrogen and oxygen atoms in total. The van der Waals surface area contributed by atoms with Gasteiger partial charge in [-0.05, 0) is 34.2 Å². The van der Waals surface area contributed by atoms with Crippen LogP contribution in [-0.4, -0.2) is 15.1 Å². The number of pyridine rings is 1. The van der Waals surface area contributed by atoms with Crippen molar-refractivity contribution in [2.75, 3.05) is 0 Å². The topological polar surface area (TPSA) is 73.1 Å². The smallest absolute Gasteiger partial charge is 0.275 e. The first-order chi connectivity index (χ1) is 7.36. The number of alkyl halides is 2. The van der Waals surface area contributed by atoms with Gasteiger partial charge in [0.15, 0.2) is 0 Å². The zero-order valence-electron chi connectivity index (χ0n) is 7.29. The number of halogens is 4. The largest absolute Gasteiger partial charge is 0.298 e. The molecule has 1 aromatic rings. The van der Waals surface area contributed by atoms with Crippen LogP contribution in [0.4, 0.5) is 14.5 Å². The quantitative estimate of drug-likeness (QED) is 0.359. The average molecular weight is 362 g/mol. The zero-order valence-corrected chi connectivity index (χ0v) is 10.2. The second kappa shape index (κ2) is 4.95. The van der Waals surface area contributed by atoms with Crippen molar-refractivity contribution < 1.29 is 18.5 Å². The summed E-state index contributed by atoms with van der Waals surface area (Å²) in [4.78, 5) is 23.8. The molecule has 0 saturated carbocycles. The van der Waals surface area contributed by atoms with Gasteiger partial charge in [-0.15, -0.1) is 0 Å². The second-order valence-electron chi connectivity index (χ2n) is 2.55. The van der Waals surface area contributed by atoms with Crippen molar-refractivity contribution in [3.8, 4) is 0 Å². The monoisotopic (exact) mass is 362 g/mol. The Balaban J connectivity index is 3.54. The van der Waals surface area contributed by atoms with Gasteiger partial charge in [-0.3, -0.25) is 19.9 Å². The maximum Gasteiger partial charge on any atom is 0.298 e. The Bertz CT molecular complexity index is 469. The molecule has 1 heterocycles. The minimum Gasteiger partial charge on any atom is -0.275 e. The molecule has 0 aliphatic rings. The van der Waals surface area contributed by atoms with E-state index >= 15 is 0 Å². The van der Waals surface area contributed by atoms with Crippen molar-refractivity contribution in [1.29, 1.82) is 0 Å². The van der Waals surface area contributed by atoms with Crippen molar-refractivity contribution in [3.05, 3.63) is 31.1 Å². The number of nitrogens with zero attached hydrogens (tertiary/aromatic N) is 2. The van der Waals surface area contributed by atoms with Gasteiger partial charge in [-0.2, -0.15) is 0 Å². The van der Waals surface area contributed by atoms with E-state index in [1.807, 2.05) is 0 Å². The van der Waals surface area contributed by atoms with Crippen molar-refractivity contribution in [2.45, 2.75) is 6.43 Å². The Morgan fingerprint density at radius 2 is 2.19 bits per heavy atom. The highest BCUT2D eigenvalue weighted by atomic mass is 127. The van der Waals surface area contributed by atoms with E-state index in [4.69, 9.17) is 11.6 Å². The van der Waals surface area contributed by atoms with Crippen molar-refractivity contribution >= 4 is 45.1 Å². The second-order valence-corrected chi connectivity index (χ2v) is 3.97. The maximum absolute atomic E-state index is 12.4. The predicted molar refractivity (Wildman–Crippen MR) is 58.7 cm³/mol. The van der Waals surface area contributed by atoms with E-state index in [1.165, 1.54) is 22.6 Å². The minimum absolute atomic E-state index is 0.385. The van der Waals surface area contributed by atoms with E-state index in [9.17, 15) is 23.7 Å². The van der Waals surface area contributed by atoms with Gasteiger partial charge in [0, 0.05) is 6.20 Å². The number of carbonyl (C=O) groups is 1. The third-order valence-corrected chi connectivity index (χ3v) is 2.89. The SMILES string of the molecule is O=C(Cl)c1cnc(C(F)F)c(I)c1[N+](=O)[O-]. The lowest BCUT2D eigenvalue weighted by atomic mass is 10.2. The lowest BCUT2D eigenvalue weighted by Gasteiger charge is -2.04. The molecule has 0 N–H and O–H groups in total. The minimum atomic E-state index is -2.95. The number of hydrogen-bond acceptors (Lipinski definition) is 4. The van der Waals surface area contributed by atoms with E-state index in [2.05, 4.69) is 4.98 Å². The molecule has 0 unspecified atom stereocenters. The van der Waals surface area contributed by atoms with Gasteiger partial charge in [-0.25, -0.2) is 8.78 Å². The molecule has 0 bridgehead atoms.